The zero-order chi connectivity index (χ0) is 40.3. The summed E-state index contributed by atoms with van der Waals surface area (Å²) in [6, 6.07) is 84.1. The summed E-state index contributed by atoms with van der Waals surface area (Å²) in [5, 5.41) is 7.65. The minimum atomic E-state index is 1.11. The van der Waals surface area contributed by atoms with Crippen molar-refractivity contribution in [1.82, 2.24) is 4.57 Å². The molecule has 0 unspecified atom stereocenters. The summed E-state index contributed by atoms with van der Waals surface area (Å²) in [4.78, 5) is 2.44. The Morgan fingerprint density at radius 2 is 0.885 bits per heavy atom. The largest absolute Gasteiger partial charge is 0.309 e. The normalized spacial score (nSPS) is 11.6. The fraction of sp³-hybridized carbons (Fsp3) is 0. The summed E-state index contributed by atoms with van der Waals surface area (Å²) in [7, 11) is 0. The second-order valence-electron chi connectivity index (χ2n) is 15.7. The predicted octanol–water partition coefficient (Wildman–Crippen LogP) is 16.8. The van der Waals surface area contributed by atoms with E-state index in [0.29, 0.717) is 0 Å². The van der Waals surface area contributed by atoms with Gasteiger partial charge in [0.1, 0.15) is 0 Å². The molecule has 61 heavy (non-hydrogen) atoms. The van der Waals surface area contributed by atoms with E-state index in [4.69, 9.17) is 0 Å². The molecule has 0 saturated carbocycles. The predicted molar refractivity (Wildman–Crippen MR) is 262 cm³/mol. The van der Waals surface area contributed by atoms with Crippen molar-refractivity contribution in [1.29, 1.82) is 0 Å². The highest BCUT2D eigenvalue weighted by Gasteiger charge is 2.20. The summed E-state index contributed by atoms with van der Waals surface area (Å²) < 4.78 is 4.98. The molecule has 286 valence electrons. The Morgan fingerprint density at radius 1 is 0.311 bits per heavy atom. The standard InChI is InChI=1S/C58H38N2S/c1-3-14-39(15-4-1)40-28-32-47(33-29-40)59(56-27-13-25-51-52-34-30-41-16-7-8-23-49(41)57(52)61-58(51)56)48-22-12-19-44(37-48)42-17-11-18-43(36-42)45-31-35-55-53(38-45)50-24-9-10-26-54(50)60(55)46-20-5-2-6-21-46/h1-38H. The highest BCUT2D eigenvalue weighted by Crippen LogP contribution is 2.47. The van der Waals surface area contributed by atoms with E-state index in [2.05, 4.69) is 240 Å². The van der Waals surface area contributed by atoms with E-state index in [1.807, 2.05) is 11.3 Å². The molecule has 0 N–H and O–H groups in total. The van der Waals surface area contributed by atoms with Crippen LogP contribution in [0.25, 0.3) is 91.8 Å². The number of benzene rings is 10. The molecule has 0 bridgehead atoms. The van der Waals surface area contributed by atoms with E-state index >= 15 is 0 Å². The molecule has 12 rings (SSSR count). The molecule has 0 atom stereocenters. The van der Waals surface area contributed by atoms with Gasteiger partial charge in [-0.2, -0.15) is 0 Å². The van der Waals surface area contributed by atoms with Gasteiger partial charge >= 0.3 is 0 Å². The van der Waals surface area contributed by atoms with Crippen LogP contribution in [0.1, 0.15) is 0 Å². The lowest BCUT2D eigenvalue weighted by molar-refractivity contribution is 1.18. The Labute approximate surface area is 358 Å². The van der Waals surface area contributed by atoms with Crippen LogP contribution in [0.3, 0.4) is 0 Å². The van der Waals surface area contributed by atoms with E-state index < -0.39 is 0 Å². The van der Waals surface area contributed by atoms with Gasteiger partial charge in [-0.3, -0.25) is 0 Å². The quantitative estimate of drug-likeness (QED) is 0.156. The molecule has 0 aliphatic rings. The Hall–Kier alpha value is -7.72. The van der Waals surface area contributed by atoms with Crippen molar-refractivity contribution in [3.63, 3.8) is 0 Å². The monoisotopic (exact) mass is 794 g/mol. The molecule has 0 aliphatic carbocycles. The van der Waals surface area contributed by atoms with Crippen molar-refractivity contribution in [2.24, 2.45) is 0 Å². The van der Waals surface area contributed by atoms with Crippen LogP contribution in [-0.2, 0) is 0 Å². The average Bonchev–Trinajstić information content (AvgIpc) is 3.89. The van der Waals surface area contributed by atoms with Crippen molar-refractivity contribution in [2.75, 3.05) is 4.90 Å². The molecule has 2 aromatic heterocycles. The summed E-state index contributed by atoms with van der Waals surface area (Å²) in [6.07, 6.45) is 0. The first-order chi connectivity index (χ1) is 30.2. The molecule has 12 aromatic rings. The molecule has 0 radical (unpaired) electrons. The van der Waals surface area contributed by atoms with Gasteiger partial charge in [0.25, 0.3) is 0 Å². The summed E-state index contributed by atoms with van der Waals surface area (Å²) >= 11 is 1.89. The molecule has 0 aliphatic heterocycles. The number of rotatable bonds is 7. The number of thiophene rings is 1. The Balaban J connectivity index is 0.985. The zero-order valence-corrected chi connectivity index (χ0v) is 34.1. The molecule has 2 heterocycles. The molecule has 10 aromatic carbocycles. The Kier molecular flexibility index (Phi) is 8.39. The number of hydrogen-bond acceptors (Lipinski definition) is 2. The lowest BCUT2D eigenvalue weighted by atomic mass is 9.97. The second-order valence-corrected chi connectivity index (χ2v) is 16.7. The van der Waals surface area contributed by atoms with Gasteiger partial charge in [-0.25, -0.2) is 0 Å². The number of anilines is 3. The summed E-state index contributed by atoms with van der Waals surface area (Å²) in [6.45, 7) is 0. The average molecular weight is 795 g/mol. The minimum Gasteiger partial charge on any atom is -0.309 e. The van der Waals surface area contributed by atoms with Crippen LogP contribution >= 0.6 is 11.3 Å². The second kappa shape index (κ2) is 14.5. The first kappa shape index (κ1) is 35.2. The molecular formula is C58H38N2S. The van der Waals surface area contributed by atoms with E-state index in [-0.39, 0.29) is 0 Å². The van der Waals surface area contributed by atoms with Crippen molar-refractivity contribution >= 4 is 81.1 Å². The lowest BCUT2D eigenvalue weighted by Gasteiger charge is -2.27. The highest BCUT2D eigenvalue weighted by molar-refractivity contribution is 7.27. The molecule has 3 heteroatoms. The number of hydrogen-bond donors (Lipinski definition) is 0. The van der Waals surface area contributed by atoms with Crippen LogP contribution in [0.4, 0.5) is 17.1 Å². The van der Waals surface area contributed by atoms with Gasteiger partial charge < -0.3 is 9.47 Å². The van der Waals surface area contributed by atoms with E-state index in [1.54, 1.807) is 0 Å². The maximum absolute atomic E-state index is 2.44. The van der Waals surface area contributed by atoms with Gasteiger partial charge in [0.2, 0.25) is 0 Å². The van der Waals surface area contributed by atoms with E-state index in [1.165, 1.54) is 97.5 Å². The van der Waals surface area contributed by atoms with Crippen LogP contribution in [0.15, 0.2) is 231 Å². The highest BCUT2D eigenvalue weighted by atomic mass is 32.1. The molecular weight excluding hydrogens is 757 g/mol. The summed E-state index contributed by atoms with van der Waals surface area (Å²) in [5.41, 5.74) is 14.1. The minimum absolute atomic E-state index is 1.11. The van der Waals surface area contributed by atoms with Crippen molar-refractivity contribution in [3.05, 3.63) is 231 Å². The van der Waals surface area contributed by atoms with Crippen LogP contribution in [0.5, 0.6) is 0 Å². The number of fused-ring (bicyclic) bond motifs is 8. The SMILES string of the molecule is c1ccc(-c2ccc(N(c3cccc(-c4cccc(-c5ccc6c(c5)c5ccccc5n6-c5ccccc5)c4)c3)c3cccc4c3sc3c5ccccc5ccc43)cc2)cc1. The van der Waals surface area contributed by atoms with Gasteiger partial charge in [-0.05, 0) is 111 Å². The van der Waals surface area contributed by atoms with Gasteiger partial charge in [0.05, 0.1) is 21.4 Å². The van der Waals surface area contributed by atoms with Crippen molar-refractivity contribution in [3.8, 4) is 39.1 Å². The Bertz CT molecular complexity index is 3580. The lowest BCUT2D eigenvalue weighted by Crippen LogP contribution is -2.10. The number of para-hydroxylation sites is 2. The topological polar surface area (TPSA) is 8.17 Å². The Morgan fingerprint density at radius 3 is 1.70 bits per heavy atom. The maximum Gasteiger partial charge on any atom is 0.0640 e. The van der Waals surface area contributed by atoms with Crippen LogP contribution in [-0.4, -0.2) is 4.57 Å². The first-order valence-corrected chi connectivity index (χ1v) is 21.6. The smallest absolute Gasteiger partial charge is 0.0640 e. The van der Waals surface area contributed by atoms with E-state index in [9.17, 15) is 0 Å². The van der Waals surface area contributed by atoms with E-state index in [0.717, 1.165) is 11.4 Å². The number of aromatic nitrogens is 1. The fourth-order valence-electron chi connectivity index (χ4n) is 9.26. The van der Waals surface area contributed by atoms with Crippen LogP contribution in [0.2, 0.25) is 0 Å². The molecule has 0 saturated heterocycles. The van der Waals surface area contributed by atoms with Crippen molar-refractivity contribution < 1.29 is 0 Å². The molecule has 0 fully saturated rings. The van der Waals surface area contributed by atoms with Crippen molar-refractivity contribution in [2.45, 2.75) is 0 Å². The van der Waals surface area contributed by atoms with Gasteiger partial charge in [0, 0.05) is 43.3 Å². The molecule has 0 spiro atoms. The maximum atomic E-state index is 2.44. The van der Waals surface area contributed by atoms with Gasteiger partial charge in [0.15, 0.2) is 0 Å². The molecule has 0 amide bonds. The first-order valence-electron chi connectivity index (χ1n) is 20.8. The number of nitrogens with zero attached hydrogens (tertiary/aromatic N) is 2. The van der Waals surface area contributed by atoms with Crippen LogP contribution < -0.4 is 4.90 Å². The third-order valence-corrected chi connectivity index (χ3v) is 13.4. The van der Waals surface area contributed by atoms with Gasteiger partial charge in [-0.15, -0.1) is 11.3 Å². The third-order valence-electron chi connectivity index (χ3n) is 12.2. The van der Waals surface area contributed by atoms with Gasteiger partial charge in [-0.1, -0.05) is 164 Å². The zero-order valence-electron chi connectivity index (χ0n) is 33.2. The molecule has 2 nitrogen and oxygen atoms in total. The summed E-state index contributed by atoms with van der Waals surface area (Å²) in [5.74, 6) is 0. The fourth-order valence-corrected chi connectivity index (χ4v) is 10.6. The third kappa shape index (κ3) is 6.01. The van der Waals surface area contributed by atoms with Crippen LogP contribution in [0, 0.1) is 0 Å².